The van der Waals surface area contributed by atoms with Gasteiger partial charge in [-0.2, -0.15) is 0 Å². The van der Waals surface area contributed by atoms with E-state index in [1.807, 2.05) is 0 Å². The third-order valence-electron chi connectivity index (χ3n) is 2.96. The number of anilines is 1. The largest absolute Gasteiger partial charge is 0.295 e. The smallest absolute Gasteiger partial charge is 0.261 e. The SMILES string of the molecule is CC(=O)c1cccc(NS(=O)(=O)c2ccc(Cl)c(C)c2)c1. The van der Waals surface area contributed by atoms with E-state index in [0.717, 1.165) is 0 Å². The number of sulfonamides is 1. The van der Waals surface area contributed by atoms with Gasteiger partial charge in [-0.15, -0.1) is 0 Å². The number of halogens is 1. The predicted octanol–water partition coefficient (Wildman–Crippen LogP) is 3.65. The van der Waals surface area contributed by atoms with Crippen LogP contribution in [-0.2, 0) is 10.0 Å². The van der Waals surface area contributed by atoms with Crippen LogP contribution in [0.15, 0.2) is 47.4 Å². The molecule has 0 aliphatic rings. The minimum atomic E-state index is -3.71. The highest BCUT2D eigenvalue weighted by molar-refractivity contribution is 7.92. The van der Waals surface area contributed by atoms with Crippen LogP contribution in [0.4, 0.5) is 5.69 Å². The molecule has 0 bridgehead atoms. The molecule has 110 valence electrons. The van der Waals surface area contributed by atoms with E-state index < -0.39 is 10.0 Å². The highest BCUT2D eigenvalue weighted by Gasteiger charge is 2.15. The Morgan fingerprint density at radius 1 is 1.14 bits per heavy atom. The van der Waals surface area contributed by atoms with Crippen LogP contribution in [0.2, 0.25) is 5.02 Å². The van der Waals surface area contributed by atoms with Crippen molar-refractivity contribution >= 4 is 33.1 Å². The summed E-state index contributed by atoms with van der Waals surface area (Å²) in [5.41, 5.74) is 1.47. The van der Waals surface area contributed by atoms with Gasteiger partial charge in [0.1, 0.15) is 0 Å². The number of ketones is 1. The maximum Gasteiger partial charge on any atom is 0.261 e. The zero-order chi connectivity index (χ0) is 15.6. The molecule has 0 amide bonds. The standard InChI is InChI=1S/C15H14ClNO3S/c1-10-8-14(6-7-15(10)16)21(19,20)17-13-5-3-4-12(9-13)11(2)18/h3-9,17H,1-2H3. The molecule has 0 spiro atoms. The first kappa shape index (κ1) is 15.5. The van der Waals surface area contributed by atoms with Gasteiger partial charge < -0.3 is 0 Å². The van der Waals surface area contributed by atoms with Crippen molar-refractivity contribution in [3.63, 3.8) is 0 Å². The third kappa shape index (κ3) is 3.62. The number of aryl methyl sites for hydroxylation is 1. The van der Waals surface area contributed by atoms with Gasteiger partial charge in [0.2, 0.25) is 0 Å². The first-order valence-corrected chi connectivity index (χ1v) is 8.06. The highest BCUT2D eigenvalue weighted by atomic mass is 35.5. The lowest BCUT2D eigenvalue weighted by atomic mass is 10.1. The Kier molecular flexibility index (Phi) is 4.34. The van der Waals surface area contributed by atoms with E-state index in [-0.39, 0.29) is 10.7 Å². The summed E-state index contributed by atoms with van der Waals surface area (Å²) in [6, 6.07) is 10.8. The van der Waals surface area contributed by atoms with E-state index in [4.69, 9.17) is 11.6 Å². The molecule has 2 aromatic carbocycles. The fourth-order valence-corrected chi connectivity index (χ4v) is 3.05. The number of hydrogen-bond acceptors (Lipinski definition) is 3. The zero-order valence-electron chi connectivity index (χ0n) is 11.6. The van der Waals surface area contributed by atoms with Gasteiger partial charge in [0.05, 0.1) is 4.90 Å². The average Bonchev–Trinajstić information content (AvgIpc) is 2.41. The number of hydrogen-bond donors (Lipinski definition) is 1. The quantitative estimate of drug-likeness (QED) is 0.873. The first-order chi connectivity index (χ1) is 9.79. The lowest BCUT2D eigenvalue weighted by Gasteiger charge is -2.10. The van der Waals surface area contributed by atoms with Crippen molar-refractivity contribution in [1.29, 1.82) is 0 Å². The summed E-state index contributed by atoms with van der Waals surface area (Å²) in [5, 5.41) is 0.507. The Bertz CT molecular complexity index is 800. The molecule has 0 aromatic heterocycles. The molecule has 1 N–H and O–H groups in total. The Hall–Kier alpha value is -1.85. The summed E-state index contributed by atoms with van der Waals surface area (Å²) in [5.74, 6) is -0.126. The molecule has 0 saturated carbocycles. The van der Waals surface area contributed by atoms with E-state index in [1.165, 1.54) is 31.2 Å². The van der Waals surface area contributed by atoms with Crippen molar-refractivity contribution in [2.45, 2.75) is 18.7 Å². The summed E-state index contributed by atoms with van der Waals surface area (Å²) < 4.78 is 27.1. The number of carbonyl (C=O) groups excluding carboxylic acids is 1. The zero-order valence-corrected chi connectivity index (χ0v) is 13.1. The van der Waals surface area contributed by atoms with Crippen molar-refractivity contribution < 1.29 is 13.2 Å². The van der Waals surface area contributed by atoms with Gasteiger partial charge in [0.25, 0.3) is 10.0 Å². The van der Waals surface area contributed by atoms with Crippen LogP contribution in [-0.4, -0.2) is 14.2 Å². The molecule has 0 heterocycles. The molecule has 0 atom stereocenters. The lowest BCUT2D eigenvalue weighted by molar-refractivity contribution is 0.101. The van der Waals surface area contributed by atoms with E-state index in [9.17, 15) is 13.2 Å². The molecule has 0 saturated heterocycles. The number of benzene rings is 2. The van der Waals surface area contributed by atoms with Crippen molar-refractivity contribution in [1.82, 2.24) is 0 Å². The highest BCUT2D eigenvalue weighted by Crippen LogP contribution is 2.22. The average molecular weight is 324 g/mol. The van der Waals surface area contributed by atoms with Crippen molar-refractivity contribution in [3.05, 3.63) is 58.6 Å². The number of carbonyl (C=O) groups is 1. The van der Waals surface area contributed by atoms with Gasteiger partial charge in [-0.05, 0) is 49.7 Å². The van der Waals surface area contributed by atoms with Gasteiger partial charge in [0, 0.05) is 16.3 Å². The molecular formula is C15H14ClNO3S. The van der Waals surface area contributed by atoms with Crippen LogP contribution in [0.3, 0.4) is 0 Å². The summed E-state index contributed by atoms with van der Waals surface area (Å²) in [4.78, 5) is 11.4. The number of Topliss-reactive ketones (excluding diaryl/α,β-unsaturated/α-hetero) is 1. The molecule has 6 heteroatoms. The Balaban J connectivity index is 2.35. The van der Waals surface area contributed by atoms with Gasteiger partial charge in [-0.25, -0.2) is 8.42 Å². The van der Waals surface area contributed by atoms with Crippen LogP contribution in [0.5, 0.6) is 0 Å². The number of nitrogens with one attached hydrogen (secondary N) is 1. The van der Waals surface area contributed by atoms with E-state index in [0.29, 0.717) is 21.8 Å². The van der Waals surface area contributed by atoms with Gasteiger partial charge in [0.15, 0.2) is 5.78 Å². The van der Waals surface area contributed by atoms with E-state index >= 15 is 0 Å². The summed E-state index contributed by atoms with van der Waals surface area (Å²) >= 11 is 5.89. The summed E-state index contributed by atoms with van der Waals surface area (Å²) in [6.45, 7) is 3.16. The molecule has 4 nitrogen and oxygen atoms in total. The minimum Gasteiger partial charge on any atom is -0.295 e. The molecular weight excluding hydrogens is 310 g/mol. The van der Waals surface area contributed by atoms with Gasteiger partial charge >= 0.3 is 0 Å². The molecule has 2 rings (SSSR count). The predicted molar refractivity (Wildman–Crippen MR) is 83.4 cm³/mol. The molecule has 0 unspecified atom stereocenters. The maximum atomic E-state index is 12.3. The monoisotopic (exact) mass is 323 g/mol. The lowest BCUT2D eigenvalue weighted by Crippen LogP contribution is -2.13. The number of rotatable bonds is 4. The molecule has 0 fully saturated rings. The second kappa shape index (κ2) is 5.87. The molecule has 0 aliphatic heterocycles. The van der Waals surface area contributed by atoms with Crippen LogP contribution < -0.4 is 4.72 Å². The fraction of sp³-hybridized carbons (Fsp3) is 0.133. The Labute approximate surface area is 128 Å². The molecule has 0 radical (unpaired) electrons. The fourth-order valence-electron chi connectivity index (χ4n) is 1.80. The minimum absolute atomic E-state index is 0.123. The molecule has 0 aliphatic carbocycles. The van der Waals surface area contributed by atoms with Crippen LogP contribution in [0.25, 0.3) is 0 Å². The topological polar surface area (TPSA) is 63.2 Å². The van der Waals surface area contributed by atoms with Gasteiger partial charge in [-0.3, -0.25) is 9.52 Å². The second-order valence-corrected chi connectivity index (χ2v) is 6.74. The summed E-state index contributed by atoms with van der Waals surface area (Å²) in [6.07, 6.45) is 0. The van der Waals surface area contributed by atoms with Crippen molar-refractivity contribution in [3.8, 4) is 0 Å². The van der Waals surface area contributed by atoms with E-state index in [2.05, 4.69) is 4.72 Å². The molecule has 21 heavy (non-hydrogen) atoms. The van der Waals surface area contributed by atoms with Crippen LogP contribution in [0, 0.1) is 6.92 Å². The Morgan fingerprint density at radius 2 is 1.86 bits per heavy atom. The van der Waals surface area contributed by atoms with Crippen molar-refractivity contribution in [2.75, 3.05) is 4.72 Å². The summed E-state index contributed by atoms with van der Waals surface area (Å²) in [7, 11) is -3.71. The second-order valence-electron chi connectivity index (χ2n) is 4.65. The van der Waals surface area contributed by atoms with E-state index in [1.54, 1.807) is 25.1 Å². The first-order valence-electron chi connectivity index (χ1n) is 6.19. The third-order valence-corrected chi connectivity index (χ3v) is 4.76. The van der Waals surface area contributed by atoms with Crippen LogP contribution >= 0.6 is 11.6 Å². The Morgan fingerprint density at radius 3 is 2.48 bits per heavy atom. The van der Waals surface area contributed by atoms with Crippen molar-refractivity contribution in [2.24, 2.45) is 0 Å². The van der Waals surface area contributed by atoms with Crippen LogP contribution in [0.1, 0.15) is 22.8 Å². The maximum absolute atomic E-state index is 12.3. The normalized spacial score (nSPS) is 11.2. The molecule has 2 aromatic rings. The van der Waals surface area contributed by atoms with Gasteiger partial charge in [-0.1, -0.05) is 23.7 Å².